The number of nitrogens with zero attached hydrogens (tertiary/aromatic N) is 5. The molecular formula is C17H21N5. The van der Waals surface area contributed by atoms with E-state index < -0.39 is 0 Å². The van der Waals surface area contributed by atoms with Crippen molar-refractivity contribution in [2.24, 2.45) is 0 Å². The quantitative estimate of drug-likeness (QED) is 0.727. The van der Waals surface area contributed by atoms with Crippen LogP contribution in [0.4, 0.5) is 11.4 Å². The number of hydrogen-bond acceptors (Lipinski definition) is 5. The second-order valence-corrected chi connectivity index (χ2v) is 5.20. The van der Waals surface area contributed by atoms with Gasteiger partial charge in [-0.15, -0.1) is 0 Å². The van der Waals surface area contributed by atoms with Crippen LogP contribution in [-0.4, -0.2) is 43.1 Å². The van der Waals surface area contributed by atoms with E-state index in [1.807, 2.05) is 68.3 Å². The van der Waals surface area contributed by atoms with Gasteiger partial charge in [0.1, 0.15) is 5.52 Å². The van der Waals surface area contributed by atoms with Gasteiger partial charge in [0, 0.05) is 58.7 Å². The zero-order chi connectivity index (χ0) is 15.9. The first kappa shape index (κ1) is 15.7. The number of anilines is 2. The molecule has 0 unspecified atom stereocenters. The fourth-order valence-corrected chi connectivity index (χ4v) is 1.97. The van der Waals surface area contributed by atoms with Crippen molar-refractivity contribution in [2.45, 2.75) is 0 Å². The van der Waals surface area contributed by atoms with Gasteiger partial charge in [0.15, 0.2) is 0 Å². The molecule has 3 heterocycles. The van der Waals surface area contributed by atoms with E-state index in [0.717, 1.165) is 16.7 Å². The van der Waals surface area contributed by atoms with Gasteiger partial charge in [-0.25, -0.2) is 0 Å². The average molecular weight is 295 g/mol. The highest BCUT2D eigenvalue weighted by molar-refractivity contribution is 5.87. The lowest BCUT2D eigenvalue weighted by Gasteiger charge is -2.13. The molecule has 0 spiro atoms. The second-order valence-electron chi connectivity index (χ2n) is 5.20. The van der Waals surface area contributed by atoms with Crippen molar-refractivity contribution in [3.63, 3.8) is 0 Å². The minimum absolute atomic E-state index is 0.939. The van der Waals surface area contributed by atoms with Gasteiger partial charge in [-0.1, -0.05) is 0 Å². The molecule has 3 aromatic heterocycles. The standard InChI is InChI=1S/C10H11N3.C7H10N2/c1-13(2)9-5-7-11-8-4-3-6-12-10(8)9;1-9(2)7-3-5-8-6-4-7/h3-7H,1-2H3;3-6H,1-2H3. The van der Waals surface area contributed by atoms with Crippen LogP contribution in [0.2, 0.25) is 0 Å². The zero-order valence-electron chi connectivity index (χ0n) is 13.4. The Balaban J connectivity index is 0.000000172. The van der Waals surface area contributed by atoms with E-state index in [4.69, 9.17) is 0 Å². The lowest BCUT2D eigenvalue weighted by molar-refractivity contribution is 1.12. The van der Waals surface area contributed by atoms with E-state index in [2.05, 4.69) is 15.0 Å². The molecule has 0 aliphatic rings. The summed E-state index contributed by atoms with van der Waals surface area (Å²) in [4.78, 5) is 16.5. The molecule has 22 heavy (non-hydrogen) atoms. The summed E-state index contributed by atoms with van der Waals surface area (Å²) < 4.78 is 0. The van der Waals surface area contributed by atoms with Crippen LogP contribution in [0, 0.1) is 0 Å². The average Bonchev–Trinajstić information content (AvgIpc) is 2.55. The van der Waals surface area contributed by atoms with Crippen molar-refractivity contribution in [1.29, 1.82) is 0 Å². The third-order valence-electron chi connectivity index (χ3n) is 3.14. The van der Waals surface area contributed by atoms with E-state index >= 15 is 0 Å². The molecule has 0 aromatic carbocycles. The van der Waals surface area contributed by atoms with Crippen LogP contribution < -0.4 is 9.80 Å². The van der Waals surface area contributed by atoms with Crippen LogP contribution in [0.15, 0.2) is 55.1 Å². The molecule has 0 bridgehead atoms. The first-order valence-corrected chi connectivity index (χ1v) is 7.04. The first-order chi connectivity index (χ1) is 10.6. The number of rotatable bonds is 2. The molecule has 0 aliphatic carbocycles. The summed E-state index contributed by atoms with van der Waals surface area (Å²) in [7, 11) is 8.03. The van der Waals surface area contributed by atoms with Gasteiger partial charge < -0.3 is 9.80 Å². The number of fused-ring (bicyclic) bond motifs is 1. The Morgan fingerprint density at radius 2 is 1.45 bits per heavy atom. The predicted molar refractivity (Wildman–Crippen MR) is 92.4 cm³/mol. The fraction of sp³-hybridized carbons (Fsp3) is 0.235. The van der Waals surface area contributed by atoms with Gasteiger partial charge in [-0.2, -0.15) is 0 Å². The Kier molecular flexibility index (Phi) is 5.25. The summed E-state index contributed by atoms with van der Waals surface area (Å²) in [6.07, 6.45) is 7.17. The van der Waals surface area contributed by atoms with Gasteiger partial charge in [-0.05, 0) is 30.3 Å². The Morgan fingerprint density at radius 3 is 2.05 bits per heavy atom. The van der Waals surface area contributed by atoms with Gasteiger partial charge in [0.05, 0.1) is 11.2 Å². The van der Waals surface area contributed by atoms with Gasteiger partial charge in [0.2, 0.25) is 0 Å². The minimum atomic E-state index is 0.939. The SMILES string of the molecule is CN(C)c1ccnc2cccnc12.CN(C)c1ccncc1. The Labute approximate surface area is 131 Å². The number of pyridine rings is 3. The maximum absolute atomic E-state index is 4.30. The zero-order valence-corrected chi connectivity index (χ0v) is 13.4. The summed E-state index contributed by atoms with van der Waals surface area (Å²) >= 11 is 0. The van der Waals surface area contributed by atoms with Crippen LogP contribution in [0.3, 0.4) is 0 Å². The molecule has 0 fully saturated rings. The van der Waals surface area contributed by atoms with Crippen molar-refractivity contribution in [3.05, 3.63) is 55.1 Å². The van der Waals surface area contributed by atoms with Crippen LogP contribution in [0.5, 0.6) is 0 Å². The van der Waals surface area contributed by atoms with Gasteiger partial charge in [-0.3, -0.25) is 15.0 Å². The Hall–Kier alpha value is -2.69. The van der Waals surface area contributed by atoms with E-state index in [0.29, 0.717) is 0 Å². The molecule has 0 aliphatic heterocycles. The van der Waals surface area contributed by atoms with Crippen LogP contribution in [0.25, 0.3) is 11.0 Å². The summed E-state index contributed by atoms with van der Waals surface area (Å²) in [6.45, 7) is 0. The number of aromatic nitrogens is 3. The molecule has 5 nitrogen and oxygen atoms in total. The van der Waals surface area contributed by atoms with E-state index in [1.165, 1.54) is 5.69 Å². The maximum Gasteiger partial charge on any atom is 0.112 e. The minimum Gasteiger partial charge on any atom is -0.378 e. The molecule has 0 saturated carbocycles. The van der Waals surface area contributed by atoms with Crippen molar-refractivity contribution >= 4 is 22.4 Å². The highest BCUT2D eigenvalue weighted by Gasteiger charge is 2.02. The third-order valence-corrected chi connectivity index (χ3v) is 3.14. The Morgan fingerprint density at radius 1 is 0.727 bits per heavy atom. The van der Waals surface area contributed by atoms with Crippen molar-refractivity contribution in [2.75, 3.05) is 38.0 Å². The smallest absolute Gasteiger partial charge is 0.112 e. The summed E-state index contributed by atoms with van der Waals surface area (Å²) in [6, 6.07) is 9.78. The monoisotopic (exact) mass is 295 g/mol. The second kappa shape index (κ2) is 7.36. The molecular weight excluding hydrogens is 274 g/mol. The molecule has 3 rings (SSSR count). The Bertz CT molecular complexity index is 705. The van der Waals surface area contributed by atoms with Crippen LogP contribution in [0.1, 0.15) is 0 Å². The van der Waals surface area contributed by atoms with Crippen LogP contribution >= 0.6 is 0 Å². The fourth-order valence-electron chi connectivity index (χ4n) is 1.97. The molecule has 0 N–H and O–H groups in total. The first-order valence-electron chi connectivity index (χ1n) is 7.04. The van der Waals surface area contributed by atoms with Crippen molar-refractivity contribution < 1.29 is 0 Å². The largest absolute Gasteiger partial charge is 0.378 e. The van der Waals surface area contributed by atoms with Crippen molar-refractivity contribution in [3.8, 4) is 0 Å². The molecule has 5 heteroatoms. The molecule has 114 valence electrons. The number of hydrogen-bond donors (Lipinski definition) is 0. The predicted octanol–water partition coefficient (Wildman–Crippen LogP) is 2.84. The van der Waals surface area contributed by atoms with Crippen molar-refractivity contribution in [1.82, 2.24) is 15.0 Å². The maximum atomic E-state index is 4.30. The molecule has 0 saturated heterocycles. The van der Waals surface area contributed by atoms with E-state index in [1.54, 1.807) is 24.8 Å². The van der Waals surface area contributed by atoms with E-state index in [-0.39, 0.29) is 0 Å². The van der Waals surface area contributed by atoms with Gasteiger partial charge in [0.25, 0.3) is 0 Å². The molecule has 0 radical (unpaired) electrons. The summed E-state index contributed by atoms with van der Waals surface area (Å²) in [5, 5.41) is 0. The van der Waals surface area contributed by atoms with Crippen LogP contribution in [-0.2, 0) is 0 Å². The van der Waals surface area contributed by atoms with E-state index in [9.17, 15) is 0 Å². The highest BCUT2D eigenvalue weighted by atomic mass is 15.1. The topological polar surface area (TPSA) is 45.2 Å². The third kappa shape index (κ3) is 3.91. The molecule has 3 aromatic rings. The molecule has 0 amide bonds. The summed E-state index contributed by atoms with van der Waals surface area (Å²) in [5.41, 5.74) is 4.18. The van der Waals surface area contributed by atoms with Gasteiger partial charge >= 0.3 is 0 Å². The summed E-state index contributed by atoms with van der Waals surface area (Å²) in [5.74, 6) is 0. The lowest BCUT2D eigenvalue weighted by Crippen LogP contribution is -2.09. The lowest BCUT2D eigenvalue weighted by atomic mass is 10.3. The molecule has 0 atom stereocenters. The normalized spacial score (nSPS) is 9.82. The highest BCUT2D eigenvalue weighted by Crippen LogP contribution is 2.20.